The summed E-state index contributed by atoms with van der Waals surface area (Å²) in [5.41, 5.74) is 5.59. The van der Waals surface area contributed by atoms with Gasteiger partial charge in [0.05, 0.1) is 12.0 Å². The molecule has 7 heteroatoms. The highest BCUT2D eigenvalue weighted by molar-refractivity contribution is 5.75. The number of fused-ring (bicyclic) bond motifs is 7. The van der Waals surface area contributed by atoms with Crippen molar-refractivity contribution in [1.29, 1.82) is 0 Å². The zero-order chi connectivity index (χ0) is 40.4. The van der Waals surface area contributed by atoms with Gasteiger partial charge in [-0.3, -0.25) is 4.79 Å². The van der Waals surface area contributed by atoms with Gasteiger partial charge in [-0.25, -0.2) is 9.97 Å². The van der Waals surface area contributed by atoms with Crippen LogP contribution in [0.1, 0.15) is 150 Å². The summed E-state index contributed by atoms with van der Waals surface area (Å²) in [6.45, 7) is 27.4. The van der Waals surface area contributed by atoms with Crippen LogP contribution >= 0.6 is 0 Å². The molecule has 2 heterocycles. The third-order valence-electron chi connectivity index (χ3n) is 19.0. The largest absolute Gasteiger partial charge is 0.481 e. The van der Waals surface area contributed by atoms with Gasteiger partial charge in [0.2, 0.25) is 0 Å². The molecule has 10 atom stereocenters. The minimum atomic E-state index is -0.815. The minimum absolute atomic E-state index is 0.0449. The fourth-order valence-corrected chi connectivity index (χ4v) is 15.8. The molecule has 2 N–H and O–H groups in total. The molecule has 1 saturated heterocycles. The Kier molecular flexibility index (Phi) is 11.0. The number of aromatic nitrogens is 2. The highest BCUT2D eigenvalue weighted by Gasteiger charge is 2.70. The van der Waals surface area contributed by atoms with Crippen LogP contribution in [0.5, 0.6) is 6.01 Å². The van der Waals surface area contributed by atoms with Crippen molar-refractivity contribution in [2.75, 3.05) is 32.8 Å². The normalized spacial score (nSPS) is 41.4. The summed E-state index contributed by atoms with van der Waals surface area (Å²) in [4.78, 5) is 24.1. The number of ether oxygens (including phenoxy) is 1. The number of aliphatic carboxylic acids is 1. The summed E-state index contributed by atoms with van der Waals surface area (Å²) >= 11 is 0. The molecule has 1 aliphatic heterocycles. The van der Waals surface area contributed by atoms with Crippen molar-refractivity contribution >= 4 is 5.97 Å². The van der Waals surface area contributed by atoms with Gasteiger partial charge in [-0.15, -0.1) is 0 Å². The Bertz CT molecular complexity index is 1760. The monoisotopic (exact) mass is 781 g/mol. The zero-order valence-corrected chi connectivity index (χ0v) is 36.9. The first-order valence-electron chi connectivity index (χ1n) is 23.3. The van der Waals surface area contributed by atoms with Gasteiger partial charge in [-0.05, 0) is 192 Å². The third-order valence-corrected chi connectivity index (χ3v) is 19.0. The molecule has 7 nitrogen and oxygen atoms in total. The molecule has 0 amide bonds. The second kappa shape index (κ2) is 15.2. The van der Waals surface area contributed by atoms with Crippen LogP contribution in [-0.2, 0) is 4.79 Å². The number of carboxylic acids is 1. The van der Waals surface area contributed by atoms with Crippen LogP contribution in [0.2, 0.25) is 0 Å². The van der Waals surface area contributed by atoms with Crippen LogP contribution in [0.25, 0.3) is 0 Å². The van der Waals surface area contributed by atoms with Crippen molar-refractivity contribution in [2.45, 2.75) is 157 Å². The molecule has 6 aliphatic carbocycles. The van der Waals surface area contributed by atoms with Crippen LogP contribution in [0.15, 0.2) is 47.7 Å². The van der Waals surface area contributed by atoms with Crippen LogP contribution in [0.3, 0.4) is 0 Å². The van der Waals surface area contributed by atoms with Gasteiger partial charge in [-0.1, -0.05) is 65.3 Å². The zero-order valence-electron chi connectivity index (χ0n) is 36.9. The second-order valence-corrected chi connectivity index (χ2v) is 21.8. The molecule has 7 aliphatic rings. The van der Waals surface area contributed by atoms with E-state index in [0.717, 1.165) is 31.0 Å². The Hall–Kier alpha value is -2.51. The molecule has 0 spiro atoms. The summed E-state index contributed by atoms with van der Waals surface area (Å²) in [7, 11) is 0. The van der Waals surface area contributed by atoms with Gasteiger partial charge in [0, 0.05) is 30.5 Å². The lowest BCUT2D eigenvalue weighted by Crippen LogP contribution is -2.68. The molecule has 314 valence electrons. The SMILES string of the molecule is C=C(C)[C@@H]1CC[C@]2(NCCN3CCCCC3)CC[C@]3(C)[C@H](CC[C@@H]4[C@@]5(C)CC=C(C6=CCC(CCOc7nccc(C)n7)(C(=O)O)CC6)C(C)(C)[C@@H]5CC[C@]43C)[C@@H]12. The molecule has 1 aromatic heterocycles. The molecule has 5 fully saturated rings. The van der Waals surface area contributed by atoms with E-state index in [1.165, 1.54) is 107 Å². The standard InChI is InChI=1S/C50H76N4O3/c1-34(2)37-16-24-50(52-29-32-54-30-10-9-11-31-54)26-25-47(7)39(42(37)50)12-13-41-46(6)20-17-38(45(4,5)40(46)18-21-48(41,47)8)36-14-22-49(23-15-36,43(55)56)27-33-57-44-51-28-19-35(3)53-44/h14,17,19,28,37,39-42,52H,1,9-13,15-16,18,20-27,29-33H2,2-8H3,(H,55,56)/t37-,39+,40-,41+,42+,46-,47+,48+,49?,50-/m0/s1. The van der Waals surface area contributed by atoms with Gasteiger partial charge in [0.1, 0.15) is 0 Å². The Morgan fingerprint density at radius 3 is 2.44 bits per heavy atom. The van der Waals surface area contributed by atoms with Crippen molar-refractivity contribution < 1.29 is 14.6 Å². The predicted molar refractivity (Wildman–Crippen MR) is 230 cm³/mol. The van der Waals surface area contributed by atoms with E-state index in [0.29, 0.717) is 66.4 Å². The minimum Gasteiger partial charge on any atom is -0.481 e. The van der Waals surface area contributed by atoms with Gasteiger partial charge >= 0.3 is 12.0 Å². The number of hydrogen-bond donors (Lipinski definition) is 2. The summed E-state index contributed by atoms with van der Waals surface area (Å²) in [5, 5.41) is 14.9. The van der Waals surface area contributed by atoms with Crippen LogP contribution in [-0.4, -0.2) is 64.3 Å². The van der Waals surface area contributed by atoms with Gasteiger partial charge in [0.25, 0.3) is 0 Å². The molecule has 1 unspecified atom stereocenters. The van der Waals surface area contributed by atoms with E-state index in [2.05, 4.69) is 80.5 Å². The van der Waals surface area contributed by atoms with E-state index in [-0.39, 0.29) is 16.4 Å². The molecule has 0 radical (unpaired) electrons. The summed E-state index contributed by atoms with van der Waals surface area (Å²) in [6, 6.07) is 2.16. The summed E-state index contributed by atoms with van der Waals surface area (Å²) in [5.74, 6) is 2.70. The van der Waals surface area contributed by atoms with Crippen LogP contribution in [0.4, 0.5) is 0 Å². The van der Waals surface area contributed by atoms with Crippen molar-refractivity contribution in [3.05, 3.63) is 53.4 Å². The van der Waals surface area contributed by atoms with Gasteiger partial charge < -0.3 is 20.1 Å². The number of rotatable bonds is 11. The van der Waals surface area contributed by atoms with Gasteiger partial charge in [-0.2, -0.15) is 0 Å². The number of nitrogens with one attached hydrogen (secondary N) is 1. The van der Waals surface area contributed by atoms with Crippen molar-refractivity contribution in [3.63, 3.8) is 0 Å². The maximum absolute atomic E-state index is 12.8. The fourth-order valence-electron chi connectivity index (χ4n) is 15.8. The molecular weight excluding hydrogens is 705 g/mol. The smallest absolute Gasteiger partial charge is 0.316 e. The van der Waals surface area contributed by atoms with E-state index < -0.39 is 11.4 Å². The van der Waals surface area contributed by atoms with Crippen molar-refractivity contribution in [1.82, 2.24) is 20.2 Å². The molecule has 1 aromatic rings. The fraction of sp³-hybridized carbons (Fsp3) is 0.780. The summed E-state index contributed by atoms with van der Waals surface area (Å²) in [6.07, 6.45) is 25.0. The number of hydrogen-bond acceptors (Lipinski definition) is 6. The Morgan fingerprint density at radius 1 is 0.947 bits per heavy atom. The van der Waals surface area contributed by atoms with Crippen LogP contribution in [0, 0.1) is 63.6 Å². The lowest BCUT2D eigenvalue weighted by Gasteiger charge is -2.72. The number of piperidine rings is 1. The number of carbonyl (C=O) groups is 1. The highest BCUT2D eigenvalue weighted by Crippen LogP contribution is 2.76. The van der Waals surface area contributed by atoms with E-state index in [1.807, 2.05) is 13.0 Å². The topological polar surface area (TPSA) is 87.6 Å². The number of likely N-dealkylation sites (tertiary alicyclic amines) is 1. The van der Waals surface area contributed by atoms with E-state index in [1.54, 1.807) is 6.20 Å². The van der Waals surface area contributed by atoms with Gasteiger partial charge in [0.15, 0.2) is 0 Å². The third kappa shape index (κ3) is 6.79. The predicted octanol–water partition coefficient (Wildman–Crippen LogP) is 10.8. The average Bonchev–Trinajstić information content (AvgIpc) is 3.56. The van der Waals surface area contributed by atoms with Crippen LogP contribution < -0.4 is 10.1 Å². The van der Waals surface area contributed by atoms with E-state index in [9.17, 15) is 9.90 Å². The first-order chi connectivity index (χ1) is 27.1. The highest BCUT2D eigenvalue weighted by atomic mass is 16.5. The second-order valence-electron chi connectivity index (χ2n) is 21.8. The van der Waals surface area contributed by atoms with Crippen molar-refractivity contribution in [2.24, 2.45) is 56.7 Å². The van der Waals surface area contributed by atoms with E-state index in [4.69, 9.17) is 4.74 Å². The Balaban J connectivity index is 1.000. The molecule has 4 saturated carbocycles. The first-order valence-corrected chi connectivity index (χ1v) is 23.3. The Labute approximate surface area is 345 Å². The summed E-state index contributed by atoms with van der Waals surface area (Å²) < 4.78 is 5.85. The van der Waals surface area contributed by atoms with Crippen molar-refractivity contribution in [3.8, 4) is 6.01 Å². The molecule has 0 aromatic carbocycles. The number of aryl methyl sites for hydroxylation is 1. The maximum atomic E-state index is 12.8. The van der Waals surface area contributed by atoms with E-state index >= 15 is 0 Å². The number of nitrogens with zero attached hydrogens (tertiary/aromatic N) is 3. The Morgan fingerprint density at radius 2 is 1.74 bits per heavy atom. The lowest BCUT2D eigenvalue weighted by molar-refractivity contribution is -0.221. The number of carboxylic acid groups (broad SMARTS) is 1. The maximum Gasteiger partial charge on any atom is 0.316 e. The quantitative estimate of drug-likeness (QED) is 0.216. The molecule has 0 bridgehead atoms. The molecule has 57 heavy (non-hydrogen) atoms. The number of allylic oxidation sites excluding steroid dienone is 5. The average molecular weight is 781 g/mol. The lowest BCUT2D eigenvalue weighted by atomic mass is 9.33. The molecular formula is C50H76N4O3. The first kappa shape index (κ1) is 41.2. The molecule has 8 rings (SSSR count).